The first-order valence-electron chi connectivity index (χ1n) is 12.3. The fraction of sp³-hybridized carbons (Fsp3) is 0.407. The molecule has 10 heteroatoms. The molecule has 4 heterocycles. The largest absolute Gasteiger partial charge is 0.453 e. The van der Waals surface area contributed by atoms with Crippen molar-refractivity contribution in [3.8, 4) is 11.3 Å². The van der Waals surface area contributed by atoms with Gasteiger partial charge >= 0.3 is 6.09 Å². The number of ether oxygens (including phenoxy) is 2. The minimum Gasteiger partial charge on any atom is -0.453 e. The number of anilines is 1. The van der Waals surface area contributed by atoms with Crippen LogP contribution >= 0.6 is 0 Å². The highest BCUT2D eigenvalue weighted by Crippen LogP contribution is 2.37. The highest BCUT2D eigenvalue weighted by molar-refractivity contribution is 5.73. The predicted octanol–water partition coefficient (Wildman–Crippen LogP) is 4.30. The number of imidazole rings is 1. The number of aromatic nitrogens is 2. The van der Waals surface area contributed by atoms with Gasteiger partial charge in [0.2, 0.25) is 0 Å². The molecule has 1 aromatic carbocycles. The van der Waals surface area contributed by atoms with Crippen molar-refractivity contribution in [1.82, 2.24) is 14.3 Å². The number of morpholine rings is 1. The number of hydrogen-bond acceptors (Lipinski definition) is 6. The SMILES string of the molecule is COC(=O)N1CCO[C@@H](Cc2c(-c3c(F)cc(N4C(=C=O)CCC4C)cc3F)nc3cc(C)ccn23)C1. The van der Waals surface area contributed by atoms with Crippen LogP contribution in [0, 0.1) is 18.6 Å². The highest BCUT2D eigenvalue weighted by atomic mass is 19.1. The lowest BCUT2D eigenvalue weighted by Crippen LogP contribution is -2.46. The molecule has 2 aromatic heterocycles. The third-order valence-electron chi connectivity index (χ3n) is 7.06. The Morgan fingerprint density at radius 3 is 2.73 bits per heavy atom. The van der Waals surface area contributed by atoms with E-state index in [1.165, 1.54) is 19.2 Å². The van der Waals surface area contributed by atoms with Crippen molar-refractivity contribution in [2.75, 3.05) is 31.7 Å². The summed E-state index contributed by atoms with van der Waals surface area (Å²) in [5.41, 5.74) is 2.65. The molecule has 2 atom stereocenters. The second-order valence-corrected chi connectivity index (χ2v) is 9.54. The third kappa shape index (κ3) is 4.58. The number of pyridine rings is 1. The topological polar surface area (TPSA) is 76.4 Å². The molecule has 0 spiro atoms. The van der Waals surface area contributed by atoms with Crippen LogP contribution in [0.1, 0.15) is 31.0 Å². The van der Waals surface area contributed by atoms with Crippen LogP contribution < -0.4 is 4.90 Å². The van der Waals surface area contributed by atoms with Gasteiger partial charge in [0.1, 0.15) is 28.9 Å². The van der Waals surface area contributed by atoms with E-state index >= 15 is 8.78 Å². The van der Waals surface area contributed by atoms with Crippen LogP contribution in [0.3, 0.4) is 0 Å². The second kappa shape index (κ2) is 9.95. The van der Waals surface area contributed by atoms with Crippen LogP contribution in [-0.4, -0.2) is 65.3 Å². The zero-order chi connectivity index (χ0) is 26.3. The maximum atomic E-state index is 15.7. The van der Waals surface area contributed by atoms with Crippen LogP contribution in [0.5, 0.6) is 0 Å². The quantitative estimate of drug-likeness (QED) is 0.487. The summed E-state index contributed by atoms with van der Waals surface area (Å²) in [7, 11) is 1.32. The number of fused-ring (bicyclic) bond motifs is 1. The Morgan fingerprint density at radius 2 is 2.03 bits per heavy atom. The summed E-state index contributed by atoms with van der Waals surface area (Å²) >= 11 is 0. The number of nitrogens with zero attached hydrogens (tertiary/aromatic N) is 4. The number of rotatable bonds is 4. The van der Waals surface area contributed by atoms with Crippen molar-refractivity contribution in [2.45, 2.75) is 45.3 Å². The number of amides is 1. The smallest absolute Gasteiger partial charge is 0.409 e. The number of hydrogen-bond donors (Lipinski definition) is 0. The number of halogens is 2. The van der Waals surface area contributed by atoms with Crippen LogP contribution in [0.4, 0.5) is 19.3 Å². The summed E-state index contributed by atoms with van der Waals surface area (Å²) in [6.45, 7) is 4.82. The number of aryl methyl sites for hydroxylation is 1. The molecule has 0 N–H and O–H groups in total. The molecule has 2 fully saturated rings. The van der Waals surface area contributed by atoms with Crippen molar-refractivity contribution < 1.29 is 27.8 Å². The normalized spacial score (nSPS) is 20.0. The molecule has 0 saturated carbocycles. The van der Waals surface area contributed by atoms with Crippen molar-refractivity contribution in [1.29, 1.82) is 0 Å². The Hall–Kier alpha value is -3.75. The molecule has 2 aliphatic rings. The van der Waals surface area contributed by atoms with E-state index < -0.39 is 23.8 Å². The first-order valence-corrected chi connectivity index (χ1v) is 12.3. The maximum Gasteiger partial charge on any atom is 0.409 e. The van der Waals surface area contributed by atoms with Gasteiger partial charge in [0.25, 0.3) is 0 Å². The molecule has 0 bridgehead atoms. The van der Waals surface area contributed by atoms with Gasteiger partial charge in [-0.25, -0.2) is 23.4 Å². The monoisotopic (exact) mass is 510 g/mol. The first kappa shape index (κ1) is 24.9. The molecule has 1 amide bonds. The number of allylic oxidation sites excluding steroid dienone is 1. The fourth-order valence-electron chi connectivity index (χ4n) is 5.24. The molecule has 8 nitrogen and oxygen atoms in total. The van der Waals surface area contributed by atoms with E-state index in [0.717, 1.165) is 5.56 Å². The summed E-state index contributed by atoms with van der Waals surface area (Å²) in [4.78, 5) is 31.2. The van der Waals surface area contributed by atoms with E-state index in [-0.39, 0.29) is 36.0 Å². The Bertz CT molecular complexity index is 1390. The van der Waals surface area contributed by atoms with E-state index in [2.05, 4.69) is 4.98 Å². The van der Waals surface area contributed by atoms with Gasteiger partial charge in [-0.2, -0.15) is 0 Å². The minimum atomic E-state index is -0.776. The fourth-order valence-corrected chi connectivity index (χ4v) is 5.24. The molecular formula is C27H28F2N4O4. The summed E-state index contributed by atoms with van der Waals surface area (Å²) < 4.78 is 43.9. The number of carbonyl (C=O) groups is 1. The van der Waals surface area contributed by atoms with E-state index in [1.54, 1.807) is 14.2 Å². The molecule has 5 rings (SSSR count). The van der Waals surface area contributed by atoms with Crippen LogP contribution in [0.2, 0.25) is 0 Å². The summed E-state index contributed by atoms with van der Waals surface area (Å²) in [6.07, 6.45) is 2.44. The minimum absolute atomic E-state index is 0.0731. The van der Waals surface area contributed by atoms with Gasteiger partial charge in [0.05, 0.1) is 43.3 Å². The van der Waals surface area contributed by atoms with E-state index in [4.69, 9.17) is 9.47 Å². The molecule has 194 valence electrons. The van der Waals surface area contributed by atoms with Gasteiger partial charge in [0, 0.05) is 37.3 Å². The van der Waals surface area contributed by atoms with Gasteiger partial charge in [-0.3, -0.25) is 0 Å². The van der Waals surface area contributed by atoms with Gasteiger partial charge in [-0.05, 0) is 50.1 Å². The Labute approximate surface area is 213 Å². The Balaban J connectivity index is 1.57. The van der Waals surface area contributed by atoms with Crippen LogP contribution in [0.25, 0.3) is 16.9 Å². The molecule has 37 heavy (non-hydrogen) atoms. The maximum absolute atomic E-state index is 15.7. The zero-order valence-electron chi connectivity index (χ0n) is 21.0. The van der Waals surface area contributed by atoms with Crippen molar-refractivity contribution >= 4 is 23.4 Å². The molecule has 0 aliphatic carbocycles. The van der Waals surface area contributed by atoms with Crippen molar-refractivity contribution in [2.24, 2.45) is 0 Å². The van der Waals surface area contributed by atoms with Crippen molar-refractivity contribution in [3.05, 3.63) is 59.1 Å². The average molecular weight is 511 g/mol. The standard InChI is InChI=1S/C27H28F2N4O4/c1-16-6-7-32-23(13-20-14-31(8-9-37-20)27(35)36-3)26(30-24(32)10-16)25-21(28)11-19(12-22(25)29)33-17(2)4-5-18(33)15-34/h6-7,10-12,17,20H,4-5,8-9,13-14H2,1-3H3/t17?,20-/m0/s1. The molecule has 1 unspecified atom stereocenters. The second-order valence-electron chi connectivity index (χ2n) is 9.54. The molecular weight excluding hydrogens is 482 g/mol. The summed E-state index contributed by atoms with van der Waals surface area (Å²) in [5.74, 6) is 0.350. The Kier molecular flexibility index (Phi) is 6.70. The van der Waals surface area contributed by atoms with Crippen LogP contribution in [0.15, 0.2) is 36.2 Å². The lowest BCUT2D eigenvalue weighted by molar-refractivity contribution is -0.0241. The number of carbonyl (C=O) groups excluding carboxylic acids is 2. The number of methoxy groups -OCH3 is 1. The molecule has 3 aromatic rings. The Morgan fingerprint density at radius 1 is 1.27 bits per heavy atom. The molecule has 2 saturated heterocycles. The van der Waals surface area contributed by atoms with Gasteiger partial charge in [0.15, 0.2) is 0 Å². The average Bonchev–Trinajstić information content (AvgIpc) is 3.42. The van der Waals surface area contributed by atoms with Crippen LogP contribution in [-0.2, 0) is 20.7 Å². The summed E-state index contributed by atoms with van der Waals surface area (Å²) in [5, 5.41) is 0. The number of benzene rings is 1. The third-order valence-corrected chi connectivity index (χ3v) is 7.06. The summed E-state index contributed by atoms with van der Waals surface area (Å²) in [6, 6.07) is 6.14. The lowest BCUT2D eigenvalue weighted by atomic mass is 10.0. The van der Waals surface area contributed by atoms with Gasteiger partial charge in [-0.15, -0.1) is 0 Å². The van der Waals surface area contributed by atoms with Gasteiger partial charge in [-0.1, -0.05) is 0 Å². The first-order chi connectivity index (χ1) is 17.8. The zero-order valence-corrected chi connectivity index (χ0v) is 21.0. The lowest BCUT2D eigenvalue weighted by Gasteiger charge is -2.32. The van der Waals surface area contributed by atoms with E-state index in [9.17, 15) is 9.59 Å². The van der Waals surface area contributed by atoms with Gasteiger partial charge < -0.3 is 23.7 Å². The predicted molar refractivity (Wildman–Crippen MR) is 133 cm³/mol. The molecule has 0 radical (unpaired) electrons. The van der Waals surface area contributed by atoms with E-state index in [1.807, 2.05) is 38.1 Å². The van der Waals surface area contributed by atoms with Crippen molar-refractivity contribution in [3.63, 3.8) is 0 Å². The highest BCUT2D eigenvalue weighted by Gasteiger charge is 2.31. The van der Waals surface area contributed by atoms with E-state index in [0.29, 0.717) is 43.0 Å². The molecule has 2 aliphatic heterocycles.